The van der Waals surface area contributed by atoms with Gasteiger partial charge < -0.3 is 64.8 Å². The van der Waals surface area contributed by atoms with Crippen LogP contribution in [-0.2, 0) is 30.2 Å². The number of rotatable bonds is 7. The number of carboxylic acids is 1. The summed E-state index contributed by atoms with van der Waals surface area (Å²) in [5.74, 6) is -0.774. The van der Waals surface area contributed by atoms with Crippen LogP contribution < -0.4 is 15.2 Å². The van der Waals surface area contributed by atoms with Gasteiger partial charge in [-0.25, -0.2) is 0 Å². The molecule has 7 N–H and O–H groups in total. The molecule has 256 valence electrons. The lowest BCUT2D eigenvalue weighted by molar-refractivity contribution is -0.342. The Kier molecular flexibility index (Phi) is 9.39. The smallest absolute Gasteiger partial charge is 0.229 e. The van der Waals surface area contributed by atoms with Crippen molar-refractivity contribution in [2.45, 2.75) is 126 Å². The van der Waals surface area contributed by atoms with Gasteiger partial charge in [-0.1, -0.05) is 13.0 Å². The van der Waals surface area contributed by atoms with E-state index in [9.17, 15) is 45.3 Å². The fraction of sp³-hybridized carbons (Fsp3) is 0.750. The van der Waals surface area contributed by atoms with E-state index in [1.165, 1.54) is 12.5 Å². The molecule has 15 atom stereocenters. The molecule has 46 heavy (non-hydrogen) atoms. The van der Waals surface area contributed by atoms with E-state index in [0.717, 1.165) is 44.1 Å². The van der Waals surface area contributed by atoms with Crippen molar-refractivity contribution in [1.82, 2.24) is 5.32 Å². The number of aliphatic hydroxyl groups is 6. The number of benzene rings is 1. The number of aliphatic hydroxyl groups excluding tert-OH is 6. The normalized spacial score (nSPS) is 45.2. The zero-order valence-electron chi connectivity index (χ0n) is 25.8. The zero-order chi connectivity index (χ0) is 33.1. The lowest BCUT2D eigenvalue weighted by Crippen LogP contribution is -2.65. The maximum atomic E-state index is 11.9. The molecule has 4 fully saturated rings. The third kappa shape index (κ3) is 5.81. The average molecular weight is 651 g/mol. The molecule has 5 aliphatic rings. The molecule has 0 radical (unpaired) electrons. The number of nitrogens with one attached hydrogen (secondary N) is 1. The second kappa shape index (κ2) is 12.9. The van der Waals surface area contributed by atoms with Crippen molar-refractivity contribution in [3.63, 3.8) is 0 Å². The van der Waals surface area contributed by atoms with Gasteiger partial charge in [0.2, 0.25) is 12.2 Å². The van der Waals surface area contributed by atoms with Gasteiger partial charge in [0.25, 0.3) is 0 Å². The highest BCUT2D eigenvalue weighted by atomic mass is 16.7. The van der Waals surface area contributed by atoms with E-state index in [2.05, 4.69) is 12.2 Å². The molecule has 0 spiro atoms. The molecule has 2 heterocycles. The number of carbonyl (C=O) groups excluding carboxylic acids is 2. The first-order valence-electron chi connectivity index (χ1n) is 16.1. The van der Waals surface area contributed by atoms with E-state index in [4.69, 9.17) is 18.9 Å². The largest absolute Gasteiger partial charge is 0.547 e. The van der Waals surface area contributed by atoms with E-state index in [1.807, 2.05) is 12.1 Å². The molecule has 2 aliphatic heterocycles. The third-order valence-corrected chi connectivity index (χ3v) is 11.2. The van der Waals surface area contributed by atoms with Gasteiger partial charge in [0.1, 0.15) is 54.5 Å². The topological polar surface area (TPSA) is 228 Å². The molecule has 0 bridgehead atoms. The van der Waals surface area contributed by atoms with Crippen molar-refractivity contribution in [3.8, 4) is 5.75 Å². The molecule has 1 aromatic rings. The number of hydrogen-bond donors (Lipinski definition) is 7. The number of hydrogen-bond acceptors (Lipinski definition) is 13. The summed E-state index contributed by atoms with van der Waals surface area (Å²) in [5, 5.41) is 75.3. The SMILES string of the molecule is CC(=O)N[C@H]1[C@@H](O[C@@H]2CC[C@H]3[C@@H]4CCc5cc(O[C@@H]6O[C@H](C(=O)[O-])[C@@H](O)[C@H](O)[C@H]6O)ccc5[C@H]4CC[C@]23C)O[C@H](CO)[C@@H](O)[C@@H]1O. The van der Waals surface area contributed by atoms with Gasteiger partial charge in [0, 0.05) is 6.92 Å². The van der Waals surface area contributed by atoms with Crippen molar-refractivity contribution in [3.05, 3.63) is 29.3 Å². The average Bonchev–Trinajstić information content (AvgIpc) is 3.36. The fourth-order valence-corrected chi connectivity index (χ4v) is 8.83. The Balaban J connectivity index is 1.15. The highest BCUT2D eigenvalue weighted by molar-refractivity contribution is 5.73. The Bertz CT molecular complexity index is 1300. The zero-order valence-corrected chi connectivity index (χ0v) is 25.8. The minimum Gasteiger partial charge on any atom is -0.547 e. The number of carboxylic acid groups (broad SMARTS) is 1. The van der Waals surface area contributed by atoms with Crippen LogP contribution in [0.2, 0.25) is 0 Å². The van der Waals surface area contributed by atoms with Crippen molar-refractivity contribution in [2.24, 2.45) is 17.3 Å². The second-order valence-electron chi connectivity index (χ2n) is 13.8. The first-order chi connectivity index (χ1) is 21.8. The van der Waals surface area contributed by atoms with Crippen molar-refractivity contribution >= 4 is 11.9 Å². The Morgan fingerprint density at radius 2 is 1.74 bits per heavy atom. The van der Waals surface area contributed by atoms with Gasteiger partial charge in [-0.05, 0) is 85.0 Å². The van der Waals surface area contributed by atoms with E-state index in [-0.39, 0.29) is 11.5 Å². The first kappa shape index (κ1) is 33.5. The summed E-state index contributed by atoms with van der Waals surface area (Å²) in [6, 6.07) is 4.57. The van der Waals surface area contributed by atoms with Crippen molar-refractivity contribution in [2.75, 3.05) is 6.61 Å². The van der Waals surface area contributed by atoms with Crippen molar-refractivity contribution in [1.29, 1.82) is 0 Å². The van der Waals surface area contributed by atoms with Crippen LogP contribution in [0.15, 0.2) is 18.2 Å². The molecule has 0 unspecified atom stereocenters. The lowest BCUT2D eigenvalue weighted by atomic mass is 9.55. The highest BCUT2D eigenvalue weighted by Crippen LogP contribution is 2.62. The Morgan fingerprint density at radius 3 is 2.43 bits per heavy atom. The summed E-state index contributed by atoms with van der Waals surface area (Å²) in [5.41, 5.74) is 2.08. The van der Waals surface area contributed by atoms with E-state index >= 15 is 0 Å². The van der Waals surface area contributed by atoms with Crippen LogP contribution in [0.3, 0.4) is 0 Å². The minimum atomic E-state index is -1.86. The second-order valence-corrected chi connectivity index (χ2v) is 13.8. The summed E-state index contributed by atoms with van der Waals surface area (Å²) < 4.78 is 23.4. The van der Waals surface area contributed by atoms with Crippen molar-refractivity contribution < 1.29 is 64.3 Å². The van der Waals surface area contributed by atoms with Gasteiger partial charge in [0.05, 0.1) is 18.7 Å². The van der Waals surface area contributed by atoms with Gasteiger partial charge in [-0.3, -0.25) is 4.79 Å². The molecule has 3 aliphatic carbocycles. The third-order valence-electron chi connectivity index (χ3n) is 11.2. The number of carbonyl (C=O) groups is 2. The van der Waals surface area contributed by atoms with Gasteiger partial charge >= 0.3 is 0 Å². The van der Waals surface area contributed by atoms with Crippen LogP contribution in [0.4, 0.5) is 0 Å². The summed E-state index contributed by atoms with van der Waals surface area (Å²) in [6.07, 6.45) is -8.62. The number of ether oxygens (including phenoxy) is 4. The van der Waals surface area contributed by atoms with Crippen LogP contribution in [-0.4, -0.2) is 117 Å². The quantitative estimate of drug-likeness (QED) is 0.167. The standard InChI is InChI=1S/C32H45NO13/c1-13(35)33-22-24(37)23(36)20(12-34)44-30(22)45-21-8-7-19-18-5-3-14-11-15(4-6-16(14)17(18)9-10-32(19,21)2)43-31-27(40)25(38)26(39)28(46-31)29(41)42/h4,6,11,17-28,30-31,34,36-40H,3,5,7-10,12H2,1-2H3,(H,33,35)(H,41,42)/p-1/t17-,18-,19+,20-,21-,22-,23-,24-,25+,26+,27-,28+,30-,31-,32+/m1/s1. The molecule has 1 aromatic carbocycles. The minimum absolute atomic E-state index is 0.197. The number of amides is 1. The molecule has 1 amide bonds. The maximum absolute atomic E-state index is 11.9. The fourth-order valence-electron chi connectivity index (χ4n) is 8.83. The summed E-state index contributed by atoms with van der Waals surface area (Å²) in [6.45, 7) is 3.03. The number of aryl methyl sites for hydroxylation is 1. The monoisotopic (exact) mass is 650 g/mol. The Morgan fingerprint density at radius 1 is 0.978 bits per heavy atom. The molecule has 2 saturated heterocycles. The van der Waals surface area contributed by atoms with E-state index in [0.29, 0.717) is 23.5 Å². The predicted octanol–water partition coefficient (Wildman–Crippen LogP) is -2.19. The van der Waals surface area contributed by atoms with E-state index in [1.54, 1.807) is 6.07 Å². The molecule has 6 rings (SSSR count). The molecular formula is C32H44NO13-. The predicted molar refractivity (Wildman–Crippen MR) is 154 cm³/mol. The van der Waals surface area contributed by atoms with Gasteiger partial charge in [0.15, 0.2) is 6.29 Å². The summed E-state index contributed by atoms with van der Waals surface area (Å²) in [4.78, 5) is 23.3. The Hall–Kier alpha value is -2.40. The number of fused-ring (bicyclic) bond motifs is 5. The molecule has 14 heteroatoms. The molecule has 2 saturated carbocycles. The Labute approximate surface area is 266 Å². The van der Waals surface area contributed by atoms with Crippen LogP contribution >= 0.6 is 0 Å². The van der Waals surface area contributed by atoms with Gasteiger partial charge in [-0.15, -0.1) is 0 Å². The maximum Gasteiger partial charge on any atom is 0.229 e. The summed E-state index contributed by atoms with van der Waals surface area (Å²) in [7, 11) is 0. The van der Waals surface area contributed by atoms with Crippen LogP contribution in [0.5, 0.6) is 5.75 Å². The summed E-state index contributed by atoms with van der Waals surface area (Å²) >= 11 is 0. The molecular weight excluding hydrogens is 606 g/mol. The van der Waals surface area contributed by atoms with Crippen LogP contribution in [0.25, 0.3) is 0 Å². The molecule has 14 nitrogen and oxygen atoms in total. The van der Waals surface area contributed by atoms with Crippen LogP contribution in [0, 0.1) is 17.3 Å². The van der Waals surface area contributed by atoms with E-state index < -0.39 is 79.8 Å². The lowest BCUT2D eigenvalue weighted by Gasteiger charge is -2.51. The molecule has 0 aromatic heterocycles. The van der Waals surface area contributed by atoms with Crippen LogP contribution in [0.1, 0.15) is 63.0 Å². The van der Waals surface area contributed by atoms with Gasteiger partial charge in [-0.2, -0.15) is 0 Å². The first-order valence-corrected chi connectivity index (χ1v) is 16.1. The highest BCUT2D eigenvalue weighted by Gasteiger charge is 2.57. The number of aliphatic carboxylic acids is 1.